The Labute approximate surface area is 221 Å². The second-order valence-electron chi connectivity index (χ2n) is 10.7. The molecule has 0 aliphatic rings. The van der Waals surface area contributed by atoms with Crippen LogP contribution in [0, 0.1) is 5.92 Å². The van der Waals surface area contributed by atoms with Crippen LogP contribution in [0.15, 0.2) is 79.4 Å². The van der Waals surface area contributed by atoms with Gasteiger partial charge in [0.25, 0.3) is 0 Å². The summed E-state index contributed by atoms with van der Waals surface area (Å²) in [6.45, 7) is 2.30. The molecule has 0 saturated carbocycles. The predicted molar refractivity (Wildman–Crippen MR) is 155 cm³/mol. The molecule has 0 amide bonds. The summed E-state index contributed by atoms with van der Waals surface area (Å²) in [4.78, 5) is 4.42. The van der Waals surface area contributed by atoms with Crippen molar-refractivity contribution in [2.45, 2.75) is 116 Å². The number of unbranched alkanes of at least 4 members (excludes halogenated alkanes) is 12. The molecule has 0 radical (unpaired) electrons. The molecule has 36 heavy (non-hydrogen) atoms. The number of hydrogen-bond acceptors (Lipinski definition) is 1. The van der Waals surface area contributed by atoms with Crippen LogP contribution in [0.25, 0.3) is 0 Å². The minimum atomic E-state index is 0.487. The fourth-order valence-corrected chi connectivity index (χ4v) is 5.64. The second-order valence-corrected chi connectivity index (χ2v) is 10.7. The Morgan fingerprint density at radius 3 is 1.53 bits per heavy atom. The minimum Gasteiger partial charge on any atom is -0.334 e. The van der Waals surface area contributed by atoms with Crippen LogP contribution in [0.5, 0.6) is 0 Å². The summed E-state index contributed by atoms with van der Waals surface area (Å²) >= 11 is 0. The molecule has 1 heterocycles. The Bertz CT molecular complexity index is 831. The van der Waals surface area contributed by atoms with Crippen LogP contribution in [0.2, 0.25) is 0 Å². The van der Waals surface area contributed by atoms with Crippen molar-refractivity contribution in [1.82, 2.24) is 9.55 Å². The van der Waals surface area contributed by atoms with Crippen molar-refractivity contribution in [2.75, 3.05) is 0 Å². The van der Waals surface area contributed by atoms with Gasteiger partial charge >= 0.3 is 0 Å². The maximum absolute atomic E-state index is 4.42. The summed E-state index contributed by atoms with van der Waals surface area (Å²) in [5.74, 6) is 0.557. The molecule has 2 nitrogen and oxygen atoms in total. The number of hydrogen-bond donors (Lipinski definition) is 0. The molecule has 2 aromatic carbocycles. The van der Waals surface area contributed by atoms with E-state index in [1.807, 2.05) is 12.5 Å². The first kappa shape index (κ1) is 28.2. The number of nitrogens with zero attached hydrogens (tertiary/aromatic N) is 2. The van der Waals surface area contributed by atoms with Crippen LogP contribution in [0.4, 0.5) is 0 Å². The highest BCUT2D eigenvalue weighted by Crippen LogP contribution is 2.31. The second kappa shape index (κ2) is 18.0. The Morgan fingerprint density at radius 1 is 0.611 bits per heavy atom. The Morgan fingerprint density at radius 2 is 1.08 bits per heavy atom. The van der Waals surface area contributed by atoms with E-state index in [1.54, 1.807) is 0 Å². The lowest BCUT2D eigenvalue weighted by molar-refractivity contribution is 0.295. The van der Waals surface area contributed by atoms with Gasteiger partial charge in [0.15, 0.2) is 0 Å². The normalized spacial score (nSPS) is 12.3. The van der Waals surface area contributed by atoms with Gasteiger partial charge in [0.2, 0.25) is 0 Å². The van der Waals surface area contributed by atoms with Crippen LogP contribution in [-0.4, -0.2) is 9.55 Å². The largest absolute Gasteiger partial charge is 0.334 e. The van der Waals surface area contributed by atoms with Crippen LogP contribution in [0.3, 0.4) is 0 Å². The van der Waals surface area contributed by atoms with Crippen LogP contribution in [-0.2, 0) is 12.8 Å². The molecule has 1 unspecified atom stereocenters. The maximum atomic E-state index is 4.42. The molecule has 2 heteroatoms. The Balaban J connectivity index is 1.45. The van der Waals surface area contributed by atoms with Crippen molar-refractivity contribution in [3.05, 3.63) is 90.5 Å². The third kappa shape index (κ3) is 11.1. The average Bonchev–Trinajstić information content (AvgIpc) is 3.45. The van der Waals surface area contributed by atoms with Gasteiger partial charge in [-0.1, -0.05) is 151 Å². The fraction of sp³-hybridized carbons (Fsp3) is 0.559. The van der Waals surface area contributed by atoms with Crippen LogP contribution >= 0.6 is 0 Å². The van der Waals surface area contributed by atoms with Gasteiger partial charge in [0.1, 0.15) is 0 Å². The monoisotopic (exact) mass is 486 g/mol. The van der Waals surface area contributed by atoms with Gasteiger partial charge in [-0.2, -0.15) is 0 Å². The highest BCUT2D eigenvalue weighted by Gasteiger charge is 2.23. The lowest BCUT2D eigenvalue weighted by Crippen LogP contribution is -2.23. The van der Waals surface area contributed by atoms with Crippen LogP contribution in [0.1, 0.15) is 114 Å². The lowest BCUT2D eigenvalue weighted by atomic mass is 9.84. The average molecular weight is 487 g/mol. The van der Waals surface area contributed by atoms with Gasteiger partial charge in [-0.05, 0) is 36.3 Å². The van der Waals surface area contributed by atoms with Gasteiger partial charge in [-0.3, -0.25) is 0 Å². The highest BCUT2D eigenvalue weighted by molar-refractivity contribution is 5.19. The van der Waals surface area contributed by atoms with E-state index in [0.29, 0.717) is 12.0 Å². The molecule has 0 aliphatic heterocycles. The number of benzene rings is 2. The summed E-state index contributed by atoms with van der Waals surface area (Å²) in [5, 5.41) is 0. The smallest absolute Gasteiger partial charge is 0.0948 e. The molecule has 0 bridgehead atoms. The van der Waals surface area contributed by atoms with Crippen molar-refractivity contribution in [3.8, 4) is 0 Å². The fourth-order valence-electron chi connectivity index (χ4n) is 5.64. The zero-order valence-electron chi connectivity index (χ0n) is 22.9. The minimum absolute atomic E-state index is 0.487. The number of rotatable bonds is 20. The van der Waals surface area contributed by atoms with Gasteiger partial charge in [-0.25, -0.2) is 4.98 Å². The summed E-state index contributed by atoms with van der Waals surface area (Å²) in [5.41, 5.74) is 2.88. The van der Waals surface area contributed by atoms with Gasteiger partial charge in [0, 0.05) is 18.4 Å². The van der Waals surface area contributed by atoms with E-state index in [2.05, 4.69) is 83.3 Å². The van der Waals surface area contributed by atoms with E-state index in [4.69, 9.17) is 0 Å². The van der Waals surface area contributed by atoms with Gasteiger partial charge in [-0.15, -0.1) is 0 Å². The molecule has 3 aromatic rings. The van der Waals surface area contributed by atoms with Gasteiger partial charge < -0.3 is 4.57 Å². The highest BCUT2D eigenvalue weighted by atomic mass is 15.1. The molecule has 3 rings (SSSR count). The zero-order valence-corrected chi connectivity index (χ0v) is 22.9. The maximum Gasteiger partial charge on any atom is 0.0948 e. The first-order valence-corrected chi connectivity index (χ1v) is 14.9. The van der Waals surface area contributed by atoms with Crippen molar-refractivity contribution in [1.29, 1.82) is 0 Å². The molecule has 1 atom stereocenters. The van der Waals surface area contributed by atoms with Crippen molar-refractivity contribution < 1.29 is 0 Å². The zero-order chi connectivity index (χ0) is 25.1. The van der Waals surface area contributed by atoms with Crippen LogP contribution < -0.4 is 0 Å². The van der Waals surface area contributed by atoms with Crippen molar-refractivity contribution >= 4 is 0 Å². The molecule has 0 spiro atoms. The molecular weight excluding hydrogens is 436 g/mol. The molecule has 0 aliphatic carbocycles. The molecule has 0 saturated heterocycles. The summed E-state index contributed by atoms with van der Waals surface area (Å²) in [7, 11) is 0. The predicted octanol–water partition coefficient (Wildman–Crippen LogP) is 10.0. The first-order chi connectivity index (χ1) is 17.9. The molecule has 0 N–H and O–H groups in total. The van der Waals surface area contributed by atoms with E-state index in [-0.39, 0.29) is 0 Å². The van der Waals surface area contributed by atoms with Gasteiger partial charge in [0.05, 0.1) is 6.33 Å². The first-order valence-electron chi connectivity index (χ1n) is 14.9. The topological polar surface area (TPSA) is 17.8 Å². The third-order valence-corrected chi connectivity index (χ3v) is 7.74. The standard InChI is InChI=1S/C34H50N2/c1-2-3-4-5-6-7-8-9-10-11-12-13-20-25-34(36-27-26-35-30-36)33(28-31-21-16-14-17-22-31)29-32-23-18-15-19-24-32/h14-19,21-24,26-27,30,33-34H,2-13,20,25,28-29H2,1H3. The third-order valence-electron chi connectivity index (χ3n) is 7.74. The molecular formula is C34H50N2. The summed E-state index contributed by atoms with van der Waals surface area (Å²) in [6.07, 6.45) is 27.9. The number of aromatic nitrogens is 2. The number of imidazole rings is 1. The van der Waals surface area contributed by atoms with Crippen molar-refractivity contribution in [3.63, 3.8) is 0 Å². The van der Waals surface area contributed by atoms with E-state index in [1.165, 1.54) is 101 Å². The Hall–Kier alpha value is -2.35. The summed E-state index contributed by atoms with van der Waals surface area (Å²) in [6, 6.07) is 22.6. The van der Waals surface area contributed by atoms with E-state index in [0.717, 1.165) is 12.8 Å². The quantitative estimate of drug-likeness (QED) is 0.145. The lowest BCUT2D eigenvalue weighted by Gasteiger charge is -2.29. The molecule has 0 fully saturated rings. The van der Waals surface area contributed by atoms with E-state index < -0.39 is 0 Å². The van der Waals surface area contributed by atoms with E-state index in [9.17, 15) is 0 Å². The SMILES string of the molecule is CCCCCCCCCCCCCCCC(C(Cc1ccccc1)Cc1ccccc1)n1ccnc1. The summed E-state index contributed by atoms with van der Waals surface area (Å²) < 4.78 is 2.39. The molecule has 1 aromatic heterocycles. The van der Waals surface area contributed by atoms with Crippen molar-refractivity contribution in [2.24, 2.45) is 5.92 Å². The molecule has 196 valence electrons. The Kier molecular flexibility index (Phi) is 14.1. The van der Waals surface area contributed by atoms with E-state index >= 15 is 0 Å².